The number of amides is 1. The molecule has 0 spiro atoms. The summed E-state index contributed by atoms with van der Waals surface area (Å²) in [6.45, 7) is 1.67. The number of ketones is 1. The van der Waals surface area contributed by atoms with E-state index in [9.17, 15) is 14.7 Å². The minimum absolute atomic E-state index is 0.121. The fraction of sp³-hybridized carbons (Fsp3) is 0.174. The summed E-state index contributed by atoms with van der Waals surface area (Å²) in [6.07, 6.45) is 0. The third-order valence-corrected chi connectivity index (χ3v) is 5.41. The molecule has 1 saturated heterocycles. The van der Waals surface area contributed by atoms with Crippen molar-refractivity contribution in [2.45, 2.75) is 13.0 Å². The van der Waals surface area contributed by atoms with Crippen LogP contribution in [0.2, 0.25) is 5.02 Å². The first-order chi connectivity index (χ1) is 15.3. The summed E-state index contributed by atoms with van der Waals surface area (Å²) in [4.78, 5) is 27.4. The number of aliphatic hydroxyl groups is 1. The summed E-state index contributed by atoms with van der Waals surface area (Å²) >= 11 is 5.95. The number of benzene rings is 2. The van der Waals surface area contributed by atoms with Gasteiger partial charge in [-0.1, -0.05) is 16.8 Å². The van der Waals surface area contributed by atoms with E-state index in [1.54, 1.807) is 49.4 Å². The van der Waals surface area contributed by atoms with Crippen LogP contribution in [0.25, 0.3) is 5.76 Å². The second-order valence-corrected chi connectivity index (χ2v) is 7.52. The third-order valence-electron chi connectivity index (χ3n) is 5.16. The molecule has 2 aromatic carbocycles. The van der Waals surface area contributed by atoms with E-state index < -0.39 is 17.7 Å². The first-order valence-electron chi connectivity index (χ1n) is 9.58. The number of hydrogen-bond acceptors (Lipinski definition) is 7. The smallest absolute Gasteiger partial charge is 0.301 e. The van der Waals surface area contributed by atoms with Crippen LogP contribution >= 0.6 is 11.6 Å². The van der Waals surface area contributed by atoms with Crippen molar-refractivity contribution < 1.29 is 28.7 Å². The van der Waals surface area contributed by atoms with Crippen LogP contribution in [0.1, 0.15) is 22.9 Å². The Kier molecular flexibility index (Phi) is 5.63. The van der Waals surface area contributed by atoms with Gasteiger partial charge in [-0.3, -0.25) is 14.5 Å². The van der Waals surface area contributed by atoms with E-state index in [1.807, 2.05) is 0 Å². The van der Waals surface area contributed by atoms with E-state index in [-0.39, 0.29) is 17.2 Å². The van der Waals surface area contributed by atoms with E-state index in [2.05, 4.69) is 5.16 Å². The van der Waals surface area contributed by atoms with Gasteiger partial charge in [-0.05, 0) is 49.4 Å². The number of rotatable bonds is 5. The summed E-state index contributed by atoms with van der Waals surface area (Å²) < 4.78 is 16.0. The molecular formula is C23H19ClN2O6. The summed E-state index contributed by atoms with van der Waals surface area (Å²) in [5.41, 5.74) is 0.641. The van der Waals surface area contributed by atoms with E-state index in [4.69, 9.17) is 25.6 Å². The molecular weight excluding hydrogens is 436 g/mol. The average Bonchev–Trinajstić information content (AvgIpc) is 3.33. The van der Waals surface area contributed by atoms with Gasteiger partial charge in [0.25, 0.3) is 5.78 Å². The van der Waals surface area contributed by atoms with Crippen LogP contribution < -0.4 is 14.4 Å². The molecule has 1 N–H and O–H groups in total. The molecule has 164 valence electrons. The third kappa shape index (κ3) is 3.58. The molecule has 1 aliphatic rings. The highest BCUT2D eigenvalue weighted by Crippen LogP contribution is 2.45. The minimum Gasteiger partial charge on any atom is -0.507 e. The normalized spacial score (nSPS) is 17.6. The van der Waals surface area contributed by atoms with Gasteiger partial charge in [0.1, 0.15) is 29.1 Å². The fourth-order valence-electron chi connectivity index (χ4n) is 3.65. The number of methoxy groups -OCH3 is 2. The summed E-state index contributed by atoms with van der Waals surface area (Å²) in [6, 6.07) is 11.8. The van der Waals surface area contributed by atoms with Crippen LogP contribution in [-0.4, -0.2) is 36.2 Å². The van der Waals surface area contributed by atoms with Gasteiger partial charge in [0.15, 0.2) is 5.82 Å². The summed E-state index contributed by atoms with van der Waals surface area (Å²) in [7, 11) is 2.97. The van der Waals surface area contributed by atoms with Crippen molar-refractivity contribution in [2.24, 2.45) is 0 Å². The number of Topliss-reactive ketones (excluding diaryl/α,β-unsaturated/α-hetero) is 1. The second kappa shape index (κ2) is 8.39. The Morgan fingerprint density at radius 3 is 2.41 bits per heavy atom. The van der Waals surface area contributed by atoms with Crippen molar-refractivity contribution in [3.63, 3.8) is 0 Å². The average molecular weight is 455 g/mol. The molecule has 0 unspecified atom stereocenters. The maximum atomic E-state index is 13.1. The topological polar surface area (TPSA) is 102 Å². The number of anilines is 1. The van der Waals surface area contributed by atoms with Crippen molar-refractivity contribution in [3.8, 4) is 11.5 Å². The van der Waals surface area contributed by atoms with Crippen LogP contribution in [-0.2, 0) is 9.59 Å². The Hall–Kier alpha value is -3.78. The molecule has 1 fully saturated rings. The van der Waals surface area contributed by atoms with Gasteiger partial charge < -0.3 is 19.1 Å². The quantitative estimate of drug-likeness (QED) is 0.348. The molecule has 9 heteroatoms. The Morgan fingerprint density at radius 1 is 1.09 bits per heavy atom. The monoisotopic (exact) mass is 454 g/mol. The lowest BCUT2D eigenvalue weighted by atomic mass is 9.94. The highest BCUT2D eigenvalue weighted by Gasteiger charge is 2.49. The first kappa shape index (κ1) is 21.5. The lowest BCUT2D eigenvalue weighted by molar-refractivity contribution is -0.132. The molecule has 0 bridgehead atoms. The van der Waals surface area contributed by atoms with Crippen LogP contribution in [0.4, 0.5) is 5.82 Å². The lowest BCUT2D eigenvalue weighted by Crippen LogP contribution is -2.30. The maximum Gasteiger partial charge on any atom is 0.301 e. The van der Waals surface area contributed by atoms with E-state index in [0.29, 0.717) is 33.4 Å². The number of carbonyl (C=O) groups excluding carboxylic acids is 2. The molecule has 1 atom stereocenters. The molecule has 32 heavy (non-hydrogen) atoms. The molecule has 1 aromatic heterocycles. The largest absolute Gasteiger partial charge is 0.507 e. The predicted molar refractivity (Wildman–Crippen MR) is 117 cm³/mol. The SMILES string of the molecule is COc1ccc(OC)c([C@@H]2/C(=C(\O)c3ccc(Cl)cc3)C(=O)C(=O)N2c2cc(C)on2)c1. The number of hydrogen-bond donors (Lipinski definition) is 1. The molecule has 0 aliphatic carbocycles. The Balaban J connectivity index is 2.00. The van der Waals surface area contributed by atoms with Gasteiger partial charge >= 0.3 is 5.91 Å². The molecule has 4 rings (SSSR count). The molecule has 0 radical (unpaired) electrons. The molecule has 2 heterocycles. The number of aromatic nitrogens is 1. The standard InChI is InChI=1S/C23H19ClN2O6/c1-12-10-18(25-32-12)26-20(16-11-15(30-2)8-9-17(16)31-3)19(22(28)23(26)29)21(27)13-4-6-14(24)7-5-13/h4-11,20,27H,1-3H3/b21-19+/t20-/m1/s1. The van der Waals surface area contributed by atoms with Gasteiger partial charge in [-0.25, -0.2) is 0 Å². The maximum absolute atomic E-state index is 13.1. The van der Waals surface area contributed by atoms with Gasteiger partial charge in [-0.2, -0.15) is 0 Å². The van der Waals surface area contributed by atoms with Crippen LogP contribution in [0, 0.1) is 6.92 Å². The molecule has 1 amide bonds. The fourth-order valence-corrected chi connectivity index (χ4v) is 3.77. The Bertz CT molecular complexity index is 1230. The van der Waals surface area contributed by atoms with E-state index >= 15 is 0 Å². The van der Waals surface area contributed by atoms with Gasteiger partial charge in [0.2, 0.25) is 0 Å². The number of aryl methyl sites for hydroxylation is 1. The molecule has 1 aliphatic heterocycles. The van der Waals surface area contributed by atoms with Gasteiger partial charge in [-0.15, -0.1) is 0 Å². The van der Waals surface area contributed by atoms with Crippen LogP contribution in [0.15, 0.2) is 58.6 Å². The zero-order valence-corrected chi connectivity index (χ0v) is 18.2. The summed E-state index contributed by atoms with van der Waals surface area (Å²) in [5, 5.41) is 15.5. The van der Waals surface area contributed by atoms with Crippen molar-refractivity contribution in [1.29, 1.82) is 0 Å². The molecule has 8 nitrogen and oxygen atoms in total. The lowest BCUT2D eigenvalue weighted by Gasteiger charge is -2.24. The Labute approximate surface area is 188 Å². The summed E-state index contributed by atoms with van der Waals surface area (Å²) in [5.74, 6) is -0.612. The van der Waals surface area contributed by atoms with Crippen molar-refractivity contribution in [3.05, 3.63) is 76.0 Å². The van der Waals surface area contributed by atoms with Gasteiger partial charge in [0.05, 0.1) is 19.8 Å². The highest BCUT2D eigenvalue weighted by atomic mass is 35.5. The zero-order valence-electron chi connectivity index (χ0n) is 17.5. The van der Waals surface area contributed by atoms with Crippen molar-refractivity contribution in [2.75, 3.05) is 19.1 Å². The van der Waals surface area contributed by atoms with Crippen molar-refractivity contribution >= 4 is 34.9 Å². The van der Waals surface area contributed by atoms with E-state index in [0.717, 1.165) is 0 Å². The number of ether oxygens (including phenoxy) is 2. The highest BCUT2D eigenvalue weighted by molar-refractivity contribution is 6.51. The Morgan fingerprint density at radius 2 is 1.81 bits per heavy atom. The number of aliphatic hydroxyl groups excluding tert-OH is 1. The first-order valence-corrected chi connectivity index (χ1v) is 9.95. The van der Waals surface area contributed by atoms with Gasteiger partial charge in [0, 0.05) is 22.2 Å². The predicted octanol–water partition coefficient (Wildman–Crippen LogP) is 4.28. The minimum atomic E-state index is -1.04. The molecule has 0 saturated carbocycles. The number of carbonyl (C=O) groups is 2. The second-order valence-electron chi connectivity index (χ2n) is 7.08. The molecule has 3 aromatic rings. The number of nitrogens with zero attached hydrogens (tertiary/aromatic N) is 2. The van der Waals surface area contributed by atoms with Crippen molar-refractivity contribution in [1.82, 2.24) is 5.16 Å². The van der Waals surface area contributed by atoms with Crippen LogP contribution in [0.5, 0.6) is 11.5 Å². The zero-order chi connectivity index (χ0) is 23.0. The van der Waals surface area contributed by atoms with E-state index in [1.165, 1.54) is 25.2 Å². The van der Waals surface area contributed by atoms with Crippen LogP contribution in [0.3, 0.4) is 0 Å². The number of halogens is 1.